The average molecular weight is 506 g/mol. The summed E-state index contributed by atoms with van der Waals surface area (Å²) >= 11 is 0. The number of nitrogens with two attached hydrogens (primary N) is 1. The Morgan fingerprint density at radius 1 is 1.05 bits per heavy atom. The van der Waals surface area contributed by atoms with Crippen LogP contribution >= 0.6 is 0 Å². The number of rotatable bonds is 8. The number of para-hydroxylation sites is 2. The van der Waals surface area contributed by atoms with E-state index in [0.717, 1.165) is 0 Å². The molecule has 0 bridgehead atoms. The largest absolute Gasteiger partial charge is 0.504 e. The Labute approximate surface area is 213 Å². The summed E-state index contributed by atoms with van der Waals surface area (Å²) in [6.45, 7) is 1.89. The number of nitrogen functional groups attached to an aromatic ring is 1. The summed E-state index contributed by atoms with van der Waals surface area (Å²) in [5.74, 6) is 0.393. The summed E-state index contributed by atoms with van der Waals surface area (Å²) in [6, 6.07) is 16.6. The van der Waals surface area contributed by atoms with Crippen LogP contribution in [0.1, 0.15) is 18.6 Å². The lowest BCUT2D eigenvalue weighted by Crippen LogP contribution is -2.21. The molecular formula is C27H27N3O7. The fourth-order valence-corrected chi connectivity index (χ4v) is 3.73. The Bertz CT molecular complexity index is 1330. The summed E-state index contributed by atoms with van der Waals surface area (Å²) in [4.78, 5) is 25.3. The van der Waals surface area contributed by atoms with Crippen molar-refractivity contribution in [3.63, 3.8) is 0 Å². The Morgan fingerprint density at radius 3 is 2.59 bits per heavy atom. The zero-order valence-corrected chi connectivity index (χ0v) is 20.3. The smallest absolute Gasteiger partial charge is 0.412 e. The van der Waals surface area contributed by atoms with Crippen molar-refractivity contribution >= 4 is 29.1 Å². The van der Waals surface area contributed by atoms with E-state index >= 15 is 0 Å². The minimum absolute atomic E-state index is 0.112. The van der Waals surface area contributed by atoms with Crippen LogP contribution in [0, 0.1) is 5.92 Å². The second kappa shape index (κ2) is 11.3. The molecule has 0 aromatic heterocycles. The van der Waals surface area contributed by atoms with Crippen LogP contribution in [-0.4, -0.2) is 31.0 Å². The lowest BCUT2D eigenvalue weighted by atomic mass is 9.96. The first-order valence-corrected chi connectivity index (χ1v) is 11.4. The molecule has 5 N–H and O–H groups in total. The summed E-state index contributed by atoms with van der Waals surface area (Å²) in [7, 11) is 1.44. The molecule has 37 heavy (non-hydrogen) atoms. The van der Waals surface area contributed by atoms with Gasteiger partial charge in [0.15, 0.2) is 23.0 Å². The van der Waals surface area contributed by atoms with Gasteiger partial charge in [0.1, 0.15) is 6.10 Å². The number of hydrogen-bond donors (Lipinski definition) is 4. The van der Waals surface area contributed by atoms with Gasteiger partial charge in [-0.2, -0.15) is 0 Å². The van der Waals surface area contributed by atoms with E-state index in [1.165, 1.54) is 19.3 Å². The quantitative estimate of drug-likeness (QED) is 0.252. The van der Waals surface area contributed by atoms with E-state index in [1.54, 1.807) is 67.6 Å². The predicted octanol–water partition coefficient (Wildman–Crippen LogP) is 4.83. The Kier molecular flexibility index (Phi) is 7.68. The van der Waals surface area contributed by atoms with Crippen molar-refractivity contribution in [1.82, 2.24) is 0 Å². The van der Waals surface area contributed by atoms with Gasteiger partial charge in [-0.1, -0.05) is 31.2 Å². The molecule has 1 aliphatic rings. The predicted molar refractivity (Wildman–Crippen MR) is 138 cm³/mol. The Hall–Kier alpha value is -4.86. The number of anilines is 3. The van der Waals surface area contributed by atoms with Crippen molar-refractivity contribution in [2.75, 3.05) is 30.3 Å². The van der Waals surface area contributed by atoms with Crippen molar-refractivity contribution in [3.8, 4) is 23.0 Å². The molecule has 0 fully saturated rings. The fourth-order valence-electron chi connectivity index (χ4n) is 3.73. The standard InChI is InChI=1S/C27H27N3O7/c1-16(7-12-25(32)30-20-6-4-3-5-19(20)28)26(17-8-10-22(34-2)21(31)13-17)37-27(33)29-18-9-11-23-24(14-18)36-15-35-23/h3-14,16,26,31H,15,28H2,1-2H3,(H,29,33)(H,30,32)/b12-7+/t16-,26-/m0/s1. The molecule has 0 radical (unpaired) electrons. The summed E-state index contributed by atoms with van der Waals surface area (Å²) in [5, 5.41) is 15.7. The van der Waals surface area contributed by atoms with E-state index in [-0.39, 0.29) is 18.3 Å². The van der Waals surface area contributed by atoms with Crippen molar-refractivity contribution in [2.45, 2.75) is 13.0 Å². The van der Waals surface area contributed by atoms with Crippen LogP contribution in [0.15, 0.2) is 72.8 Å². The van der Waals surface area contributed by atoms with Crippen LogP contribution in [0.5, 0.6) is 23.0 Å². The van der Waals surface area contributed by atoms with Crippen LogP contribution in [0.25, 0.3) is 0 Å². The molecule has 3 aromatic carbocycles. The van der Waals surface area contributed by atoms with Gasteiger partial charge in [-0.3, -0.25) is 10.1 Å². The maximum atomic E-state index is 12.8. The SMILES string of the molecule is COc1ccc([C@@H](OC(=O)Nc2ccc3c(c2)OCO3)[C@@H](C)/C=C/C(=O)Nc2ccccc2N)cc1O. The number of ether oxygens (including phenoxy) is 4. The normalized spacial score (nSPS) is 13.6. The van der Waals surface area contributed by atoms with Crippen molar-refractivity contribution in [2.24, 2.45) is 5.92 Å². The number of nitrogens with one attached hydrogen (secondary N) is 2. The Balaban J connectivity index is 1.50. The average Bonchev–Trinajstić information content (AvgIpc) is 3.35. The highest BCUT2D eigenvalue weighted by molar-refractivity contribution is 6.01. The van der Waals surface area contributed by atoms with Crippen molar-refractivity contribution < 1.29 is 33.6 Å². The molecule has 0 aliphatic carbocycles. The maximum Gasteiger partial charge on any atom is 0.412 e. The molecule has 3 aromatic rings. The van der Waals surface area contributed by atoms with E-state index in [2.05, 4.69) is 10.6 Å². The van der Waals surface area contributed by atoms with Crippen LogP contribution in [0.3, 0.4) is 0 Å². The third-order valence-electron chi connectivity index (χ3n) is 5.63. The highest BCUT2D eigenvalue weighted by Crippen LogP contribution is 2.36. The highest BCUT2D eigenvalue weighted by atomic mass is 16.7. The molecule has 10 heteroatoms. The van der Waals surface area contributed by atoms with E-state index in [1.807, 2.05) is 0 Å². The lowest BCUT2D eigenvalue weighted by Gasteiger charge is -2.23. The van der Waals surface area contributed by atoms with Gasteiger partial charge in [0, 0.05) is 17.7 Å². The zero-order valence-electron chi connectivity index (χ0n) is 20.3. The second-order valence-electron chi connectivity index (χ2n) is 8.24. The second-order valence-corrected chi connectivity index (χ2v) is 8.24. The van der Waals surface area contributed by atoms with Gasteiger partial charge < -0.3 is 35.1 Å². The van der Waals surface area contributed by atoms with E-state index in [4.69, 9.17) is 24.7 Å². The molecule has 0 saturated carbocycles. The van der Waals surface area contributed by atoms with E-state index < -0.39 is 24.0 Å². The summed E-state index contributed by atoms with van der Waals surface area (Å²) in [5.41, 5.74) is 7.76. The molecule has 1 heterocycles. The number of benzene rings is 3. The zero-order chi connectivity index (χ0) is 26.4. The molecule has 0 unspecified atom stereocenters. The molecule has 1 aliphatic heterocycles. The minimum atomic E-state index is -0.850. The number of methoxy groups -OCH3 is 1. The van der Waals surface area contributed by atoms with Crippen molar-refractivity contribution in [1.29, 1.82) is 0 Å². The third-order valence-corrected chi connectivity index (χ3v) is 5.63. The van der Waals surface area contributed by atoms with Crippen LogP contribution in [0.2, 0.25) is 0 Å². The molecule has 2 amide bonds. The van der Waals surface area contributed by atoms with Gasteiger partial charge in [0.25, 0.3) is 0 Å². The molecule has 10 nitrogen and oxygen atoms in total. The number of aromatic hydroxyl groups is 1. The molecule has 2 atom stereocenters. The van der Waals surface area contributed by atoms with Gasteiger partial charge in [-0.05, 0) is 48.0 Å². The fraction of sp³-hybridized carbons (Fsp3) is 0.185. The molecule has 4 rings (SSSR count). The molecule has 0 saturated heterocycles. The van der Waals surface area contributed by atoms with E-state index in [9.17, 15) is 14.7 Å². The van der Waals surface area contributed by atoms with Crippen LogP contribution < -0.4 is 30.6 Å². The minimum Gasteiger partial charge on any atom is -0.504 e. The topological polar surface area (TPSA) is 141 Å². The first-order chi connectivity index (χ1) is 17.8. The third kappa shape index (κ3) is 6.23. The molecule has 0 spiro atoms. The number of phenolic OH excluding ortho intramolecular Hbond substituents is 1. The van der Waals surface area contributed by atoms with Gasteiger partial charge in [0.2, 0.25) is 12.7 Å². The van der Waals surface area contributed by atoms with Gasteiger partial charge in [-0.25, -0.2) is 4.79 Å². The van der Waals surface area contributed by atoms with Crippen LogP contribution in [0.4, 0.5) is 21.9 Å². The maximum absolute atomic E-state index is 12.8. The number of carbonyl (C=O) groups is 2. The van der Waals surface area contributed by atoms with Gasteiger partial charge in [-0.15, -0.1) is 0 Å². The monoisotopic (exact) mass is 505 g/mol. The summed E-state index contributed by atoms with van der Waals surface area (Å²) < 4.78 is 21.5. The van der Waals surface area contributed by atoms with Crippen LogP contribution in [-0.2, 0) is 9.53 Å². The highest BCUT2D eigenvalue weighted by Gasteiger charge is 2.24. The lowest BCUT2D eigenvalue weighted by molar-refractivity contribution is -0.111. The number of hydrogen-bond acceptors (Lipinski definition) is 8. The van der Waals surface area contributed by atoms with Gasteiger partial charge in [0.05, 0.1) is 18.5 Å². The number of phenols is 1. The summed E-state index contributed by atoms with van der Waals surface area (Å²) in [6.07, 6.45) is 1.36. The number of fused-ring (bicyclic) bond motifs is 1. The first-order valence-electron chi connectivity index (χ1n) is 11.4. The number of carbonyl (C=O) groups excluding carboxylic acids is 2. The number of amides is 2. The van der Waals surface area contributed by atoms with Crippen molar-refractivity contribution in [3.05, 3.63) is 78.4 Å². The van der Waals surface area contributed by atoms with Gasteiger partial charge >= 0.3 is 6.09 Å². The van der Waals surface area contributed by atoms with E-state index in [0.29, 0.717) is 34.1 Å². The Morgan fingerprint density at radius 2 is 1.84 bits per heavy atom. The molecule has 192 valence electrons. The first kappa shape index (κ1) is 25.2. The molecular weight excluding hydrogens is 478 g/mol.